The van der Waals surface area contributed by atoms with E-state index in [4.69, 9.17) is 9.47 Å². The van der Waals surface area contributed by atoms with E-state index in [-0.39, 0.29) is 5.78 Å². The molecule has 0 N–H and O–H groups in total. The predicted molar refractivity (Wildman–Crippen MR) is 95.5 cm³/mol. The molecule has 5 heteroatoms. The molecule has 0 aromatic rings. The summed E-state index contributed by atoms with van der Waals surface area (Å²) in [6.45, 7) is 0. The van der Waals surface area contributed by atoms with Crippen LogP contribution in [-0.2, 0) is 14.3 Å². The maximum Gasteiger partial charge on any atom is 0.204 e. The van der Waals surface area contributed by atoms with Gasteiger partial charge in [-0.1, -0.05) is 12.2 Å². The maximum absolute atomic E-state index is 13.6. The minimum absolute atomic E-state index is 0.0765. The van der Waals surface area contributed by atoms with Crippen LogP contribution in [0.1, 0.15) is 12.8 Å². The molecule has 2 aliphatic carbocycles. The first-order valence-corrected chi connectivity index (χ1v) is 8.07. The smallest absolute Gasteiger partial charge is 0.204 e. The molecule has 0 saturated carbocycles. The Hall–Kier alpha value is -1.85. The summed E-state index contributed by atoms with van der Waals surface area (Å²) >= 11 is 0. The van der Waals surface area contributed by atoms with Crippen LogP contribution >= 0.6 is 0 Å². The van der Waals surface area contributed by atoms with E-state index < -0.39 is 11.2 Å². The van der Waals surface area contributed by atoms with Crippen LogP contribution in [0.2, 0.25) is 0 Å². The molecular formula is C19H28N2O3. The van der Waals surface area contributed by atoms with Crippen molar-refractivity contribution in [2.24, 2.45) is 0 Å². The zero-order chi connectivity index (χ0) is 18.0. The Morgan fingerprint density at radius 3 is 1.54 bits per heavy atom. The summed E-state index contributed by atoms with van der Waals surface area (Å²) < 4.78 is 11.5. The third kappa shape index (κ3) is 3.19. The van der Waals surface area contributed by atoms with E-state index in [9.17, 15) is 4.79 Å². The summed E-state index contributed by atoms with van der Waals surface area (Å²) in [6, 6.07) is 0. The van der Waals surface area contributed by atoms with Gasteiger partial charge in [0.05, 0.1) is 0 Å². The number of nitrogens with zero attached hydrogens (tertiary/aromatic N) is 2. The molecule has 0 spiro atoms. The number of allylic oxidation sites excluding steroid dienone is 4. The second-order valence-corrected chi connectivity index (χ2v) is 6.69. The first-order chi connectivity index (χ1) is 11.3. The Labute approximate surface area is 144 Å². The van der Waals surface area contributed by atoms with E-state index in [0.29, 0.717) is 12.8 Å². The normalized spacial score (nSPS) is 29.1. The van der Waals surface area contributed by atoms with Gasteiger partial charge in [0.2, 0.25) is 5.78 Å². The molecule has 2 atom stereocenters. The number of carbonyl (C=O) groups is 1. The molecule has 0 amide bonds. The number of hydrogen-bond acceptors (Lipinski definition) is 5. The minimum Gasteiger partial charge on any atom is -0.381 e. The fourth-order valence-corrected chi connectivity index (χ4v) is 3.15. The number of rotatable bonds is 6. The molecule has 0 saturated heterocycles. The summed E-state index contributed by atoms with van der Waals surface area (Å²) in [5, 5.41) is 0. The molecule has 0 aromatic heterocycles. The Balaban J connectivity index is 2.38. The number of hydrogen-bond donors (Lipinski definition) is 0. The molecule has 0 heterocycles. The number of Topliss-reactive ketones (excluding diaryl/α,β-unsaturated/α-hetero) is 1. The highest BCUT2D eigenvalue weighted by molar-refractivity contribution is 5.99. The highest BCUT2D eigenvalue weighted by atomic mass is 16.5. The molecule has 0 fully saturated rings. The zero-order valence-electron chi connectivity index (χ0n) is 15.5. The van der Waals surface area contributed by atoms with Gasteiger partial charge in [0.25, 0.3) is 0 Å². The minimum atomic E-state index is -1.02. The van der Waals surface area contributed by atoms with Crippen LogP contribution < -0.4 is 0 Å². The van der Waals surface area contributed by atoms with Crippen LogP contribution in [0.4, 0.5) is 0 Å². The van der Waals surface area contributed by atoms with Crippen molar-refractivity contribution in [2.75, 3.05) is 42.4 Å². The average Bonchev–Trinajstić information content (AvgIpc) is 2.60. The van der Waals surface area contributed by atoms with E-state index in [0.717, 1.165) is 11.4 Å². The molecular weight excluding hydrogens is 304 g/mol. The van der Waals surface area contributed by atoms with Crippen LogP contribution in [0.25, 0.3) is 0 Å². The van der Waals surface area contributed by atoms with Gasteiger partial charge in [0.1, 0.15) is 0 Å². The molecule has 0 radical (unpaired) electrons. The number of ether oxygens (including phenoxy) is 2. The van der Waals surface area contributed by atoms with Gasteiger partial charge in [0, 0.05) is 66.6 Å². The van der Waals surface area contributed by atoms with E-state index in [1.165, 1.54) is 0 Å². The standard InChI is InChI=1S/C19H28N2O3/c1-20(2)15-9-7-11-18(13-15,23-5)17(22)19(24-6)12-8-10-16(14-19)21(3)4/h7-12H,13-14H2,1-6H3. The fourth-order valence-electron chi connectivity index (χ4n) is 3.15. The summed E-state index contributed by atoms with van der Waals surface area (Å²) in [5.41, 5.74) is 0.0386. The molecule has 132 valence electrons. The zero-order valence-corrected chi connectivity index (χ0v) is 15.5. The van der Waals surface area contributed by atoms with E-state index in [2.05, 4.69) is 0 Å². The third-order valence-corrected chi connectivity index (χ3v) is 4.84. The average molecular weight is 332 g/mol. The molecule has 5 nitrogen and oxygen atoms in total. The molecule has 24 heavy (non-hydrogen) atoms. The van der Waals surface area contributed by atoms with Gasteiger partial charge in [0.15, 0.2) is 11.2 Å². The molecule has 0 bridgehead atoms. The highest BCUT2D eigenvalue weighted by Crippen LogP contribution is 2.38. The summed E-state index contributed by atoms with van der Waals surface area (Å²) in [6.07, 6.45) is 12.4. The van der Waals surface area contributed by atoms with Crippen molar-refractivity contribution >= 4 is 5.78 Å². The molecule has 2 unspecified atom stereocenters. The molecule has 2 aliphatic rings. The van der Waals surface area contributed by atoms with Crippen molar-refractivity contribution in [1.82, 2.24) is 9.80 Å². The number of ketones is 1. The largest absolute Gasteiger partial charge is 0.381 e. The summed E-state index contributed by atoms with van der Waals surface area (Å²) in [7, 11) is 11.0. The third-order valence-electron chi connectivity index (χ3n) is 4.84. The summed E-state index contributed by atoms with van der Waals surface area (Å²) in [4.78, 5) is 17.6. The van der Waals surface area contributed by atoms with Crippen LogP contribution in [0.15, 0.2) is 47.9 Å². The second kappa shape index (κ2) is 6.95. The quantitative estimate of drug-likeness (QED) is 0.745. The molecule has 0 aliphatic heterocycles. The second-order valence-electron chi connectivity index (χ2n) is 6.69. The van der Waals surface area contributed by atoms with Gasteiger partial charge in [-0.3, -0.25) is 4.79 Å². The number of methoxy groups -OCH3 is 2. The maximum atomic E-state index is 13.6. The van der Waals surface area contributed by atoms with Crippen LogP contribution in [0.3, 0.4) is 0 Å². The lowest BCUT2D eigenvalue weighted by molar-refractivity contribution is -0.154. The van der Waals surface area contributed by atoms with Crippen molar-refractivity contribution in [3.05, 3.63) is 47.9 Å². The Morgan fingerprint density at radius 2 is 1.25 bits per heavy atom. The van der Waals surface area contributed by atoms with Crippen molar-refractivity contribution < 1.29 is 14.3 Å². The van der Waals surface area contributed by atoms with Gasteiger partial charge in [-0.15, -0.1) is 0 Å². The lowest BCUT2D eigenvalue weighted by Gasteiger charge is -2.41. The first kappa shape index (κ1) is 18.5. The fraction of sp³-hybridized carbons (Fsp3) is 0.526. The van der Waals surface area contributed by atoms with Gasteiger partial charge in [-0.2, -0.15) is 0 Å². The van der Waals surface area contributed by atoms with Gasteiger partial charge in [-0.25, -0.2) is 0 Å². The van der Waals surface area contributed by atoms with Crippen molar-refractivity contribution in [2.45, 2.75) is 24.0 Å². The lowest BCUT2D eigenvalue weighted by atomic mass is 9.76. The van der Waals surface area contributed by atoms with E-state index in [1.807, 2.05) is 74.4 Å². The van der Waals surface area contributed by atoms with Crippen molar-refractivity contribution in [3.8, 4) is 0 Å². The molecule has 0 aromatic carbocycles. The van der Waals surface area contributed by atoms with Gasteiger partial charge in [-0.05, 0) is 24.3 Å². The number of carbonyl (C=O) groups excluding carboxylic acids is 1. The Kier molecular flexibility index (Phi) is 5.35. The van der Waals surface area contributed by atoms with Crippen molar-refractivity contribution in [1.29, 1.82) is 0 Å². The predicted octanol–water partition coefficient (Wildman–Crippen LogP) is 2.14. The Morgan fingerprint density at radius 1 is 0.875 bits per heavy atom. The van der Waals surface area contributed by atoms with E-state index in [1.54, 1.807) is 14.2 Å². The topological polar surface area (TPSA) is 42.0 Å². The Bertz CT molecular complexity index is 564. The van der Waals surface area contributed by atoms with Crippen molar-refractivity contribution in [3.63, 3.8) is 0 Å². The van der Waals surface area contributed by atoms with E-state index >= 15 is 0 Å². The highest BCUT2D eigenvalue weighted by Gasteiger charge is 2.50. The van der Waals surface area contributed by atoms with Gasteiger partial charge < -0.3 is 19.3 Å². The van der Waals surface area contributed by atoms with Crippen LogP contribution in [0, 0.1) is 0 Å². The SMILES string of the molecule is COC1(C(=O)C2(OC)C=CC=C(N(C)C)C2)C=CC=C(N(C)C)C1. The van der Waals surface area contributed by atoms with Gasteiger partial charge >= 0.3 is 0 Å². The lowest BCUT2D eigenvalue weighted by Crippen LogP contribution is -2.55. The van der Waals surface area contributed by atoms with Crippen LogP contribution in [0.5, 0.6) is 0 Å². The monoisotopic (exact) mass is 332 g/mol. The summed E-state index contributed by atoms with van der Waals surface area (Å²) in [5.74, 6) is -0.0765. The first-order valence-electron chi connectivity index (χ1n) is 8.07. The molecule has 2 rings (SSSR count). The van der Waals surface area contributed by atoms with Crippen LogP contribution in [-0.4, -0.2) is 69.2 Å².